The molecule has 0 aromatic heterocycles. The Balaban J connectivity index is 1.42. The highest BCUT2D eigenvalue weighted by molar-refractivity contribution is 7.92. The molecule has 1 aliphatic carbocycles. The number of methoxy groups -OCH3 is 1. The summed E-state index contributed by atoms with van der Waals surface area (Å²) in [6.45, 7) is 6.82. The number of ether oxygens (including phenoxy) is 2. The predicted octanol–water partition coefficient (Wildman–Crippen LogP) is 3.39. The van der Waals surface area contributed by atoms with Crippen LogP contribution in [0.1, 0.15) is 54.1 Å². The van der Waals surface area contributed by atoms with Gasteiger partial charge in [-0.25, -0.2) is 17.6 Å². The Hall–Kier alpha value is -3.18. The van der Waals surface area contributed by atoms with Gasteiger partial charge in [-0.2, -0.15) is 0 Å². The van der Waals surface area contributed by atoms with Crippen molar-refractivity contribution >= 4 is 27.6 Å². The monoisotopic (exact) mass is 559 g/mol. The van der Waals surface area contributed by atoms with Crippen molar-refractivity contribution in [1.82, 2.24) is 9.80 Å². The van der Waals surface area contributed by atoms with Gasteiger partial charge in [-0.3, -0.25) is 9.52 Å². The van der Waals surface area contributed by atoms with Crippen molar-refractivity contribution < 1.29 is 31.9 Å². The van der Waals surface area contributed by atoms with Crippen molar-refractivity contribution in [3.8, 4) is 5.75 Å². The summed E-state index contributed by atoms with van der Waals surface area (Å²) in [5.41, 5.74) is 1.17. The third-order valence-electron chi connectivity index (χ3n) is 8.06. The van der Waals surface area contributed by atoms with Crippen molar-refractivity contribution in [3.63, 3.8) is 0 Å². The van der Waals surface area contributed by atoms with Gasteiger partial charge in [-0.15, -0.1) is 0 Å². The first kappa shape index (κ1) is 27.4. The molecule has 210 valence electrons. The molecule has 3 aliphatic rings. The van der Waals surface area contributed by atoms with Crippen LogP contribution in [0.25, 0.3) is 0 Å². The molecule has 0 bridgehead atoms. The third-order valence-corrected chi connectivity index (χ3v) is 9.53. The maximum Gasteiger partial charge on any atom is 0.343 e. The van der Waals surface area contributed by atoms with Gasteiger partial charge in [-0.1, -0.05) is 13.0 Å². The van der Waals surface area contributed by atoms with Crippen LogP contribution in [0, 0.1) is 11.7 Å². The number of likely N-dealkylation sites (N-methyl/N-ethyl adjacent to an activating group) is 1. The smallest absolute Gasteiger partial charge is 0.343 e. The lowest BCUT2D eigenvalue weighted by atomic mass is 10.0. The second kappa shape index (κ2) is 10.8. The Labute approximate surface area is 228 Å². The Morgan fingerprint density at radius 2 is 2.05 bits per heavy atom. The average Bonchev–Trinajstić information content (AvgIpc) is 3.56. The number of likely N-dealkylation sites (tertiary alicyclic amines) is 1. The van der Waals surface area contributed by atoms with Gasteiger partial charge in [0.2, 0.25) is 5.91 Å². The summed E-state index contributed by atoms with van der Waals surface area (Å²) in [4.78, 5) is 29.1. The maximum atomic E-state index is 14.3. The van der Waals surface area contributed by atoms with Gasteiger partial charge in [-0.05, 0) is 67.1 Å². The summed E-state index contributed by atoms with van der Waals surface area (Å²) in [5, 5.41) is 0. The summed E-state index contributed by atoms with van der Waals surface area (Å²) < 4.78 is 54.9. The quantitative estimate of drug-likeness (QED) is 0.470. The van der Waals surface area contributed by atoms with Crippen LogP contribution in [0.2, 0.25) is 0 Å². The zero-order valence-electron chi connectivity index (χ0n) is 22.4. The van der Waals surface area contributed by atoms with Crippen LogP contribution >= 0.6 is 0 Å². The molecule has 2 heterocycles. The molecule has 0 unspecified atom stereocenters. The van der Waals surface area contributed by atoms with Gasteiger partial charge in [0.05, 0.1) is 24.3 Å². The molecule has 39 heavy (non-hydrogen) atoms. The van der Waals surface area contributed by atoms with Gasteiger partial charge in [0.25, 0.3) is 10.0 Å². The van der Waals surface area contributed by atoms with Gasteiger partial charge in [0.15, 0.2) is 0 Å². The minimum absolute atomic E-state index is 0.0250. The third kappa shape index (κ3) is 5.47. The lowest BCUT2D eigenvalue weighted by molar-refractivity contribution is -0.130. The number of hydrogen-bond donors (Lipinski definition) is 1. The summed E-state index contributed by atoms with van der Waals surface area (Å²) in [6, 6.07) is 6.83. The minimum Gasteiger partial charge on any atom is -0.492 e. The largest absolute Gasteiger partial charge is 0.492 e. The fourth-order valence-electron chi connectivity index (χ4n) is 5.84. The normalized spacial score (nSPS) is 21.9. The van der Waals surface area contributed by atoms with Crippen LogP contribution in [0.3, 0.4) is 0 Å². The highest BCUT2D eigenvalue weighted by Gasteiger charge is 2.45. The molecule has 11 heteroatoms. The topological polar surface area (TPSA) is 105 Å². The van der Waals surface area contributed by atoms with Crippen LogP contribution in [0.4, 0.5) is 10.1 Å². The molecule has 0 spiro atoms. The molecule has 1 saturated carbocycles. The molecular weight excluding hydrogens is 525 g/mol. The SMILES string of the molecule is CCN1CC[C@@H](N(CCc2cc(F)ccc2S(=O)(=O)Nc2ccc3c(c2C(=O)OC)OC[C@@H]2C[C@H]32)C(C)=O)C1. The molecule has 3 atom stereocenters. The van der Waals surface area contributed by atoms with Crippen LogP contribution in [-0.2, 0) is 26.0 Å². The number of nitrogens with one attached hydrogen (secondary N) is 1. The molecule has 9 nitrogen and oxygen atoms in total. The summed E-state index contributed by atoms with van der Waals surface area (Å²) in [7, 11) is -3.02. The molecule has 2 aromatic rings. The first-order chi connectivity index (χ1) is 18.6. The number of sulfonamides is 1. The first-order valence-corrected chi connectivity index (χ1v) is 14.8. The summed E-state index contributed by atoms with van der Waals surface area (Å²) in [6.07, 6.45) is 1.95. The number of carbonyl (C=O) groups is 2. The molecule has 2 fully saturated rings. The van der Waals surface area contributed by atoms with E-state index in [1.165, 1.54) is 26.2 Å². The van der Waals surface area contributed by atoms with Gasteiger partial charge < -0.3 is 19.3 Å². The highest BCUT2D eigenvalue weighted by atomic mass is 32.2. The molecule has 1 saturated heterocycles. The van der Waals surface area contributed by atoms with E-state index in [1.807, 2.05) is 0 Å². The van der Waals surface area contributed by atoms with Crippen molar-refractivity contribution in [1.29, 1.82) is 0 Å². The fraction of sp³-hybridized carbons (Fsp3) is 0.500. The number of fused-ring (bicyclic) bond motifs is 3. The van der Waals surface area contributed by atoms with E-state index in [0.717, 1.165) is 44.1 Å². The summed E-state index contributed by atoms with van der Waals surface area (Å²) >= 11 is 0. The Morgan fingerprint density at radius 3 is 2.74 bits per heavy atom. The van der Waals surface area contributed by atoms with Gasteiger partial charge >= 0.3 is 5.97 Å². The molecular formula is C28H34FN3O6S. The molecule has 5 rings (SSSR count). The van der Waals surface area contributed by atoms with E-state index in [-0.39, 0.29) is 46.6 Å². The van der Waals surface area contributed by atoms with Crippen LogP contribution in [-0.4, -0.2) is 76.0 Å². The molecule has 1 N–H and O–H groups in total. The van der Waals surface area contributed by atoms with Crippen LogP contribution in [0.5, 0.6) is 5.75 Å². The molecule has 1 amide bonds. The number of esters is 1. The predicted molar refractivity (Wildman–Crippen MR) is 143 cm³/mol. The second-order valence-electron chi connectivity index (χ2n) is 10.5. The number of halogens is 1. The van der Waals surface area contributed by atoms with Crippen molar-refractivity contribution in [2.45, 2.75) is 50.0 Å². The number of amides is 1. The molecule has 2 aromatic carbocycles. The first-order valence-electron chi connectivity index (χ1n) is 13.3. The van der Waals surface area contributed by atoms with Crippen molar-refractivity contribution in [3.05, 3.63) is 52.8 Å². The maximum absolute atomic E-state index is 14.3. The fourth-order valence-corrected chi connectivity index (χ4v) is 7.16. The van der Waals surface area contributed by atoms with Gasteiger partial charge in [0.1, 0.15) is 17.1 Å². The minimum atomic E-state index is -4.25. The van der Waals surface area contributed by atoms with E-state index >= 15 is 0 Å². The van der Waals surface area contributed by atoms with E-state index in [2.05, 4.69) is 16.5 Å². The van der Waals surface area contributed by atoms with Crippen LogP contribution in [0.15, 0.2) is 35.2 Å². The number of hydrogen-bond acceptors (Lipinski definition) is 7. The number of rotatable bonds is 9. The Morgan fingerprint density at radius 1 is 1.26 bits per heavy atom. The second-order valence-corrected chi connectivity index (χ2v) is 12.1. The number of carbonyl (C=O) groups excluding carboxylic acids is 2. The van der Waals surface area contributed by atoms with E-state index in [0.29, 0.717) is 24.2 Å². The van der Waals surface area contributed by atoms with Crippen molar-refractivity contribution in [2.24, 2.45) is 5.92 Å². The zero-order chi connectivity index (χ0) is 27.9. The number of benzene rings is 2. The van der Waals surface area contributed by atoms with E-state index in [1.54, 1.807) is 17.0 Å². The Bertz CT molecular complexity index is 1400. The summed E-state index contributed by atoms with van der Waals surface area (Å²) in [5.74, 6) is -0.344. The standard InChI is InChI=1S/C28H34FN3O6S/c1-4-31-11-10-21(15-31)32(17(2)33)12-9-18-13-20(29)5-8-25(18)39(35,36)30-24-7-6-22-23-14-19(23)16-38-27(22)26(24)28(34)37-3/h5-8,13,19,21,23,30H,4,9-12,14-16H2,1-3H3/t19-,21+,23-/m0/s1. The average molecular weight is 560 g/mol. The van der Waals surface area contributed by atoms with E-state index in [9.17, 15) is 22.4 Å². The van der Waals surface area contributed by atoms with Crippen molar-refractivity contribution in [2.75, 3.05) is 44.6 Å². The molecule has 0 radical (unpaired) electrons. The van der Waals surface area contributed by atoms with E-state index < -0.39 is 21.8 Å². The lowest BCUT2D eigenvalue weighted by Gasteiger charge is -2.28. The van der Waals surface area contributed by atoms with E-state index in [4.69, 9.17) is 9.47 Å². The lowest BCUT2D eigenvalue weighted by Crippen LogP contribution is -2.42. The molecule has 2 aliphatic heterocycles. The number of nitrogens with zero attached hydrogens (tertiary/aromatic N) is 2. The Kier molecular flexibility index (Phi) is 7.56. The van der Waals surface area contributed by atoms with Crippen LogP contribution < -0.4 is 9.46 Å². The van der Waals surface area contributed by atoms with Gasteiger partial charge in [0, 0.05) is 38.5 Å². The zero-order valence-corrected chi connectivity index (χ0v) is 23.2. The highest BCUT2D eigenvalue weighted by Crippen LogP contribution is 2.55. The number of anilines is 1.